The second kappa shape index (κ2) is 6.55. The molecule has 2 atom stereocenters. The van der Waals surface area contributed by atoms with Gasteiger partial charge in [-0.2, -0.15) is 0 Å². The number of benzene rings is 1. The Hall–Kier alpha value is -1.84. The van der Waals surface area contributed by atoms with Gasteiger partial charge in [0.1, 0.15) is 5.82 Å². The average molecular weight is 277 g/mol. The molecule has 1 aromatic carbocycles. The number of anilines is 1. The van der Waals surface area contributed by atoms with Gasteiger partial charge in [-0.3, -0.25) is 0 Å². The molecule has 1 fully saturated rings. The van der Waals surface area contributed by atoms with Gasteiger partial charge in [0.15, 0.2) is 0 Å². The highest BCUT2D eigenvalue weighted by Crippen LogP contribution is 2.37. The molecule has 4 heteroatoms. The summed E-state index contributed by atoms with van der Waals surface area (Å²) < 4.78 is 18.4. The number of nitrogens with one attached hydrogen (secondary N) is 1. The van der Waals surface area contributed by atoms with Gasteiger partial charge in [-0.1, -0.05) is 6.08 Å². The standard InChI is InChI=1S/C16H20FNO2/c1-3-4-11-5-6-13(11)10-18-15-9-12(16(19)20-2)7-8-14(15)17/h3,7-9,11,13,18H,1,4-6,10H2,2H3/t11-,13+/m1/s1. The van der Waals surface area contributed by atoms with Crippen LogP contribution in [-0.4, -0.2) is 19.6 Å². The van der Waals surface area contributed by atoms with Crippen LogP contribution in [0.15, 0.2) is 30.9 Å². The van der Waals surface area contributed by atoms with Crippen LogP contribution < -0.4 is 5.32 Å². The minimum Gasteiger partial charge on any atom is -0.465 e. The Balaban J connectivity index is 1.98. The number of esters is 1. The predicted octanol–water partition coefficient (Wildman–Crippen LogP) is 3.63. The summed E-state index contributed by atoms with van der Waals surface area (Å²) in [6.07, 6.45) is 5.32. The fraction of sp³-hybridized carbons (Fsp3) is 0.438. The van der Waals surface area contributed by atoms with Crippen molar-refractivity contribution in [1.82, 2.24) is 0 Å². The third kappa shape index (κ3) is 3.18. The minimum atomic E-state index is -0.457. The van der Waals surface area contributed by atoms with Crippen LogP contribution in [0.2, 0.25) is 0 Å². The molecule has 1 saturated carbocycles. The SMILES string of the molecule is C=CC[C@@H]1CC[C@H]1CNc1cc(C(=O)OC)ccc1F. The lowest BCUT2D eigenvalue weighted by atomic mass is 9.72. The molecule has 108 valence electrons. The Morgan fingerprint density at radius 3 is 2.85 bits per heavy atom. The molecule has 1 aromatic rings. The first-order chi connectivity index (χ1) is 9.65. The second-order valence-electron chi connectivity index (χ2n) is 5.19. The first-order valence-corrected chi connectivity index (χ1v) is 6.88. The Labute approximate surface area is 118 Å². The molecular weight excluding hydrogens is 257 g/mol. The predicted molar refractivity (Wildman–Crippen MR) is 77.3 cm³/mol. The van der Waals surface area contributed by atoms with Crippen molar-refractivity contribution in [2.24, 2.45) is 11.8 Å². The first kappa shape index (κ1) is 14.6. The zero-order valence-corrected chi connectivity index (χ0v) is 11.7. The Morgan fingerprint density at radius 2 is 2.25 bits per heavy atom. The highest BCUT2D eigenvalue weighted by atomic mass is 19.1. The number of carbonyl (C=O) groups is 1. The maximum atomic E-state index is 13.7. The Bertz CT molecular complexity index is 501. The Kier molecular flexibility index (Phi) is 4.77. The monoisotopic (exact) mass is 277 g/mol. The molecule has 0 unspecified atom stereocenters. The number of hydrogen-bond acceptors (Lipinski definition) is 3. The zero-order valence-electron chi connectivity index (χ0n) is 11.7. The van der Waals surface area contributed by atoms with E-state index in [0.29, 0.717) is 23.1 Å². The summed E-state index contributed by atoms with van der Waals surface area (Å²) in [5, 5.41) is 3.11. The van der Waals surface area contributed by atoms with Gasteiger partial charge >= 0.3 is 5.97 Å². The number of allylic oxidation sites excluding steroid dienone is 1. The number of rotatable bonds is 6. The number of halogens is 1. The van der Waals surface area contributed by atoms with E-state index in [4.69, 9.17) is 0 Å². The summed E-state index contributed by atoms with van der Waals surface area (Å²) in [6, 6.07) is 4.22. The molecule has 0 aliphatic heterocycles. The van der Waals surface area contributed by atoms with Crippen molar-refractivity contribution in [1.29, 1.82) is 0 Å². The van der Waals surface area contributed by atoms with E-state index in [2.05, 4.69) is 16.6 Å². The third-order valence-corrected chi connectivity index (χ3v) is 3.99. The fourth-order valence-corrected chi connectivity index (χ4v) is 2.58. The van der Waals surface area contributed by atoms with E-state index < -0.39 is 5.97 Å². The normalized spacial score (nSPS) is 20.9. The van der Waals surface area contributed by atoms with E-state index in [0.717, 1.165) is 19.4 Å². The molecule has 1 N–H and O–H groups in total. The molecule has 1 aliphatic carbocycles. The average Bonchev–Trinajstić information content (AvgIpc) is 2.44. The smallest absolute Gasteiger partial charge is 0.337 e. The maximum absolute atomic E-state index is 13.7. The van der Waals surface area contributed by atoms with Crippen LogP contribution in [-0.2, 0) is 4.74 Å². The van der Waals surface area contributed by atoms with Crippen LogP contribution in [0.4, 0.5) is 10.1 Å². The number of ether oxygens (including phenoxy) is 1. The van der Waals surface area contributed by atoms with Crippen LogP contribution >= 0.6 is 0 Å². The number of carbonyl (C=O) groups excluding carboxylic acids is 1. The van der Waals surface area contributed by atoms with Gasteiger partial charge in [0, 0.05) is 6.54 Å². The van der Waals surface area contributed by atoms with Crippen molar-refractivity contribution in [3.05, 3.63) is 42.2 Å². The van der Waals surface area contributed by atoms with Gasteiger partial charge < -0.3 is 10.1 Å². The molecule has 0 amide bonds. The van der Waals surface area contributed by atoms with Crippen molar-refractivity contribution in [2.75, 3.05) is 19.0 Å². The molecule has 0 spiro atoms. The van der Waals surface area contributed by atoms with E-state index in [1.807, 2.05) is 6.08 Å². The topological polar surface area (TPSA) is 38.3 Å². The van der Waals surface area contributed by atoms with Crippen LogP contribution in [0.1, 0.15) is 29.6 Å². The number of hydrogen-bond donors (Lipinski definition) is 1. The lowest BCUT2D eigenvalue weighted by molar-refractivity contribution is 0.0600. The van der Waals surface area contributed by atoms with Crippen molar-refractivity contribution in [2.45, 2.75) is 19.3 Å². The van der Waals surface area contributed by atoms with Gasteiger partial charge in [0.25, 0.3) is 0 Å². The third-order valence-electron chi connectivity index (χ3n) is 3.99. The molecule has 0 aromatic heterocycles. The fourth-order valence-electron chi connectivity index (χ4n) is 2.58. The molecule has 2 rings (SSSR count). The molecule has 0 bridgehead atoms. The van der Waals surface area contributed by atoms with E-state index in [-0.39, 0.29) is 5.82 Å². The zero-order chi connectivity index (χ0) is 14.5. The van der Waals surface area contributed by atoms with Gasteiger partial charge in [-0.25, -0.2) is 9.18 Å². The summed E-state index contributed by atoms with van der Waals surface area (Å²) in [6.45, 7) is 4.48. The summed E-state index contributed by atoms with van der Waals surface area (Å²) >= 11 is 0. The molecule has 0 heterocycles. The maximum Gasteiger partial charge on any atom is 0.337 e. The van der Waals surface area contributed by atoms with Gasteiger partial charge in [0.2, 0.25) is 0 Å². The van der Waals surface area contributed by atoms with Gasteiger partial charge in [-0.15, -0.1) is 6.58 Å². The largest absolute Gasteiger partial charge is 0.465 e. The van der Waals surface area contributed by atoms with E-state index in [1.165, 1.54) is 31.7 Å². The summed E-state index contributed by atoms with van der Waals surface area (Å²) in [5.41, 5.74) is 0.713. The first-order valence-electron chi connectivity index (χ1n) is 6.88. The lowest BCUT2D eigenvalue weighted by Crippen LogP contribution is -2.31. The molecule has 0 saturated heterocycles. The van der Waals surface area contributed by atoms with E-state index >= 15 is 0 Å². The summed E-state index contributed by atoms with van der Waals surface area (Å²) in [7, 11) is 1.31. The van der Waals surface area contributed by atoms with Crippen LogP contribution in [0, 0.1) is 17.7 Å². The van der Waals surface area contributed by atoms with E-state index in [9.17, 15) is 9.18 Å². The molecule has 1 aliphatic rings. The van der Waals surface area contributed by atoms with Crippen LogP contribution in [0.25, 0.3) is 0 Å². The quantitative estimate of drug-likeness (QED) is 0.637. The molecule has 3 nitrogen and oxygen atoms in total. The van der Waals surface area contributed by atoms with Gasteiger partial charge in [-0.05, 0) is 49.3 Å². The molecular formula is C16H20FNO2. The van der Waals surface area contributed by atoms with Crippen molar-refractivity contribution in [3.63, 3.8) is 0 Å². The van der Waals surface area contributed by atoms with E-state index in [1.54, 1.807) is 0 Å². The summed E-state index contributed by atoms with van der Waals surface area (Å²) in [5.74, 6) is 0.388. The highest BCUT2D eigenvalue weighted by Gasteiger charge is 2.29. The lowest BCUT2D eigenvalue weighted by Gasteiger charge is -2.36. The highest BCUT2D eigenvalue weighted by molar-refractivity contribution is 5.90. The molecule has 20 heavy (non-hydrogen) atoms. The molecule has 0 radical (unpaired) electrons. The van der Waals surface area contributed by atoms with Crippen LogP contribution in [0.3, 0.4) is 0 Å². The minimum absolute atomic E-state index is 0.350. The van der Waals surface area contributed by atoms with Gasteiger partial charge in [0.05, 0.1) is 18.4 Å². The number of methoxy groups -OCH3 is 1. The summed E-state index contributed by atoms with van der Waals surface area (Å²) in [4.78, 5) is 11.4. The second-order valence-corrected chi connectivity index (χ2v) is 5.19. The van der Waals surface area contributed by atoms with Crippen molar-refractivity contribution < 1.29 is 13.9 Å². The Morgan fingerprint density at radius 1 is 1.50 bits per heavy atom. The van der Waals surface area contributed by atoms with Crippen molar-refractivity contribution in [3.8, 4) is 0 Å². The van der Waals surface area contributed by atoms with Crippen molar-refractivity contribution >= 4 is 11.7 Å². The van der Waals surface area contributed by atoms with Crippen LogP contribution in [0.5, 0.6) is 0 Å².